The summed E-state index contributed by atoms with van der Waals surface area (Å²) in [4.78, 5) is 13.1. The van der Waals surface area contributed by atoms with Gasteiger partial charge in [0.1, 0.15) is 5.70 Å². The molecular formula is C8H14N2O. The van der Waals surface area contributed by atoms with Gasteiger partial charge >= 0.3 is 0 Å². The molecule has 11 heavy (non-hydrogen) atoms. The van der Waals surface area contributed by atoms with E-state index in [-0.39, 0.29) is 11.9 Å². The van der Waals surface area contributed by atoms with Gasteiger partial charge in [-0.3, -0.25) is 4.79 Å². The highest BCUT2D eigenvalue weighted by atomic mass is 16.2. The van der Waals surface area contributed by atoms with Gasteiger partial charge in [0.25, 0.3) is 5.91 Å². The van der Waals surface area contributed by atoms with Crippen molar-refractivity contribution in [1.82, 2.24) is 10.2 Å². The zero-order chi connectivity index (χ0) is 8.59. The molecule has 0 spiro atoms. The fourth-order valence-corrected chi connectivity index (χ4v) is 1.31. The molecule has 0 radical (unpaired) electrons. The fraction of sp³-hybridized carbons (Fsp3) is 0.625. The number of nitrogens with one attached hydrogen (secondary N) is 1. The number of rotatable bonds is 1. The normalized spacial score (nSPS) is 24.0. The molecule has 1 amide bonds. The Hall–Kier alpha value is -0.990. The van der Waals surface area contributed by atoms with Gasteiger partial charge in [-0.25, -0.2) is 0 Å². The van der Waals surface area contributed by atoms with Crippen LogP contribution in [0.4, 0.5) is 0 Å². The summed E-state index contributed by atoms with van der Waals surface area (Å²) in [5.74, 6) is 0.0417. The number of carbonyl (C=O) groups is 1. The molecule has 0 aromatic rings. The van der Waals surface area contributed by atoms with Gasteiger partial charge in [0.15, 0.2) is 0 Å². The average Bonchev–Trinajstić information content (AvgIpc) is 2.07. The van der Waals surface area contributed by atoms with Crippen LogP contribution >= 0.6 is 0 Å². The highest BCUT2D eigenvalue weighted by molar-refractivity contribution is 5.96. The Morgan fingerprint density at radius 1 is 1.45 bits per heavy atom. The van der Waals surface area contributed by atoms with E-state index < -0.39 is 0 Å². The van der Waals surface area contributed by atoms with Crippen molar-refractivity contribution < 1.29 is 4.79 Å². The lowest BCUT2D eigenvalue weighted by molar-refractivity contribution is -0.118. The van der Waals surface area contributed by atoms with Gasteiger partial charge in [-0.2, -0.15) is 0 Å². The van der Waals surface area contributed by atoms with Gasteiger partial charge in [0, 0.05) is 20.1 Å². The molecule has 0 aliphatic carbocycles. The summed E-state index contributed by atoms with van der Waals surface area (Å²) in [6, 6.07) is 0.194. The Morgan fingerprint density at radius 2 is 2.00 bits per heavy atom. The largest absolute Gasteiger partial charge is 0.373 e. The number of hydrogen-bond donors (Lipinski definition) is 1. The number of likely N-dealkylation sites (N-methyl/N-ethyl adjacent to an activating group) is 1. The Morgan fingerprint density at radius 3 is 2.18 bits per heavy atom. The molecular weight excluding hydrogens is 140 g/mol. The van der Waals surface area contributed by atoms with Crippen LogP contribution in [0.5, 0.6) is 0 Å². The number of nitrogens with zero attached hydrogens (tertiary/aromatic N) is 1. The zero-order valence-corrected chi connectivity index (χ0v) is 7.43. The van der Waals surface area contributed by atoms with E-state index in [1.165, 1.54) is 0 Å². The van der Waals surface area contributed by atoms with Gasteiger partial charge < -0.3 is 10.2 Å². The molecule has 0 aromatic heterocycles. The number of carbonyl (C=O) groups excluding carboxylic acids is 1. The molecule has 3 nitrogen and oxygen atoms in total. The van der Waals surface area contributed by atoms with Crippen molar-refractivity contribution in [3.8, 4) is 0 Å². The quantitative estimate of drug-likeness (QED) is 0.590. The van der Waals surface area contributed by atoms with Crippen molar-refractivity contribution in [2.75, 3.05) is 14.1 Å². The summed E-state index contributed by atoms with van der Waals surface area (Å²) >= 11 is 0. The van der Waals surface area contributed by atoms with Crippen molar-refractivity contribution in [1.29, 1.82) is 0 Å². The standard InChI is InChI=1S/C8H14N2O/c1-5-6(2)9-8(11)7(5)10(3)4/h6H,1-4H3,(H,9,11)/t6-/m0/s1. The second-order valence-electron chi connectivity index (χ2n) is 3.12. The topological polar surface area (TPSA) is 32.3 Å². The van der Waals surface area contributed by atoms with Crippen LogP contribution in [0.1, 0.15) is 13.8 Å². The van der Waals surface area contributed by atoms with Crippen LogP contribution in [0.3, 0.4) is 0 Å². The average molecular weight is 154 g/mol. The highest BCUT2D eigenvalue weighted by Gasteiger charge is 2.26. The molecule has 1 atom stereocenters. The lowest BCUT2D eigenvalue weighted by atomic mass is 10.1. The molecule has 0 bridgehead atoms. The molecule has 0 aromatic carbocycles. The third-order valence-corrected chi connectivity index (χ3v) is 2.03. The van der Waals surface area contributed by atoms with E-state index in [0.29, 0.717) is 0 Å². The van der Waals surface area contributed by atoms with Gasteiger partial charge in [0.2, 0.25) is 0 Å². The van der Waals surface area contributed by atoms with E-state index in [1.54, 1.807) is 0 Å². The molecule has 1 rings (SSSR count). The molecule has 0 saturated carbocycles. The summed E-state index contributed by atoms with van der Waals surface area (Å²) in [5.41, 5.74) is 1.93. The predicted molar refractivity (Wildman–Crippen MR) is 44.0 cm³/mol. The number of hydrogen-bond acceptors (Lipinski definition) is 2. The molecule has 3 heteroatoms. The zero-order valence-electron chi connectivity index (χ0n) is 7.43. The minimum absolute atomic E-state index is 0.0417. The first-order valence-electron chi connectivity index (χ1n) is 3.73. The predicted octanol–water partition coefficient (Wildman–Crippen LogP) is 0.340. The van der Waals surface area contributed by atoms with Crippen LogP contribution in [0.25, 0.3) is 0 Å². The minimum atomic E-state index is 0.0417. The second-order valence-corrected chi connectivity index (χ2v) is 3.12. The molecule has 0 fully saturated rings. The SMILES string of the molecule is CC1=C(N(C)C)C(=O)N[C@H]1C. The van der Waals surface area contributed by atoms with Crippen LogP contribution in [0.2, 0.25) is 0 Å². The Balaban J connectivity index is 2.97. The molecule has 0 unspecified atom stereocenters. The lowest BCUT2D eigenvalue weighted by Gasteiger charge is -2.12. The van der Waals surface area contributed by atoms with Gasteiger partial charge in [-0.05, 0) is 19.4 Å². The molecule has 0 saturated heterocycles. The lowest BCUT2D eigenvalue weighted by Crippen LogP contribution is -2.28. The third-order valence-electron chi connectivity index (χ3n) is 2.03. The maximum absolute atomic E-state index is 11.2. The van der Waals surface area contributed by atoms with Crippen LogP contribution in [-0.4, -0.2) is 30.9 Å². The molecule has 1 aliphatic rings. The van der Waals surface area contributed by atoms with Crippen LogP contribution < -0.4 is 5.32 Å². The van der Waals surface area contributed by atoms with Crippen molar-refractivity contribution in [2.24, 2.45) is 0 Å². The van der Waals surface area contributed by atoms with E-state index in [1.807, 2.05) is 32.8 Å². The van der Waals surface area contributed by atoms with Gasteiger partial charge in [-0.15, -0.1) is 0 Å². The molecule has 1 N–H and O–H groups in total. The summed E-state index contributed by atoms with van der Waals surface area (Å²) in [6.07, 6.45) is 0. The van der Waals surface area contributed by atoms with Crippen molar-refractivity contribution in [3.63, 3.8) is 0 Å². The summed E-state index contributed by atoms with van der Waals surface area (Å²) in [6.45, 7) is 3.97. The Bertz CT molecular complexity index is 218. The van der Waals surface area contributed by atoms with Gasteiger partial charge in [0.05, 0.1) is 0 Å². The minimum Gasteiger partial charge on any atom is -0.373 e. The first-order chi connectivity index (χ1) is 5.04. The first kappa shape index (κ1) is 8.11. The first-order valence-corrected chi connectivity index (χ1v) is 3.73. The fourth-order valence-electron chi connectivity index (χ4n) is 1.31. The van der Waals surface area contributed by atoms with Crippen LogP contribution in [-0.2, 0) is 4.79 Å². The van der Waals surface area contributed by atoms with Crippen molar-refractivity contribution in [2.45, 2.75) is 19.9 Å². The van der Waals surface area contributed by atoms with E-state index in [0.717, 1.165) is 11.3 Å². The van der Waals surface area contributed by atoms with E-state index in [2.05, 4.69) is 5.32 Å². The second kappa shape index (κ2) is 2.57. The Kier molecular flexibility index (Phi) is 1.89. The molecule has 1 aliphatic heterocycles. The maximum Gasteiger partial charge on any atom is 0.268 e. The highest BCUT2D eigenvalue weighted by Crippen LogP contribution is 2.17. The van der Waals surface area contributed by atoms with Crippen LogP contribution in [0, 0.1) is 0 Å². The summed E-state index contributed by atoms with van der Waals surface area (Å²) in [7, 11) is 3.77. The molecule has 62 valence electrons. The van der Waals surface area contributed by atoms with Crippen LogP contribution in [0.15, 0.2) is 11.3 Å². The van der Waals surface area contributed by atoms with E-state index in [4.69, 9.17) is 0 Å². The summed E-state index contributed by atoms with van der Waals surface area (Å²) in [5, 5.41) is 2.84. The number of amides is 1. The summed E-state index contributed by atoms with van der Waals surface area (Å²) < 4.78 is 0. The smallest absolute Gasteiger partial charge is 0.268 e. The van der Waals surface area contributed by atoms with E-state index in [9.17, 15) is 4.79 Å². The van der Waals surface area contributed by atoms with E-state index >= 15 is 0 Å². The maximum atomic E-state index is 11.2. The molecule has 1 heterocycles. The monoisotopic (exact) mass is 154 g/mol. The van der Waals surface area contributed by atoms with Gasteiger partial charge in [-0.1, -0.05) is 0 Å². The van der Waals surface area contributed by atoms with Crippen molar-refractivity contribution in [3.05, 3.63) is 11.3 Å². The van der Waals surface area contributed by atoms with Crippen molar-refractivity contribution >= 4 is 5.91 Å². The Labute approximate surface area is 67.1 Å². The third kappa shape index (κ3) is 1.23.